The van der Waals surface area contributed by atoms with Gasteiger partial charge in [-0.25, -0.2) is 4.79 Å². The average Bonchev–Trinajstić information content (AvgIpc) is 2.31. The zero-order valence-electron chi connectivity index (χ0n) is 9.63. The first-order valence-electron chi connectivity index (χ1n) is 5.18. The van der Waals surface area contributed by atoms with Gasteiger partial charge in [0.2, 0.25) is 0 Å². The molecule has 0 aliphatic carbocycles. The summed E-state index contributed by atoms with van der Waals surface area (Å²) >= 11 is 6.63. The topological polar surface area (TPSA) is 67.4 Å². The lowest BCUT2D eigenvalue weighted by molar-refractivity contribution is -0.141. The molecule has 0 heterocycles. The molecule has 2 amide bonds. The summed E-state index contributed by atoms with van der Waals surface area (Å²) in [5.41, 5.74) is 0.611. The van der Waals surface area contributed by atoms with Crippen molar-refractivity contribution < 1.29 is 14.3 Å². The highest BCUT2D eigenvalue weighted by molar-refractivity contribution is 9.11. The van der Waals surface area contributed by atoms with E-state index < -0.39 is 12.0 Å². The van der Waals surface area contributed by atoms with E-state index >= 15 is 0 Å². The number of nitrogens with one attached hydrogen (secondary N) is 2. The van der Waals surface area contributed by atoms with Crippen molar-refractivity contribution in [3.05, 3.63) is 27.1 Å². The number of halogens is 2. The van der Waals surface area contributed by atoms with Crippen molar-refractivity contribution in [1.29, 1.82) is 0 Å². The van der Waals surface area contributed by atoms with Crippen molar-refractivity contribution in [2.45, 2.75) is 6.92 Å². The number of carbonyl (C=O) groups excluding carboxylic acids is 2. The number of hydrogen-bond donors (Lipinski definition) is 2. The number of ether oxygens (including phenoxy) is 1. The average molecular weight is 380 g/mol. The Morgan fingerprint density at radius 3 is 2.67 bits per heavy atom. The molecule has 0 aliphatic heterocycles. The molecule has 0 saturated heterocycles. The molecule has 1 aromatic rings. The van der Waals surface area contributed by atoms with Crippen molar-refractivity contribution in [3.8, 4) is 0 Å². The van der Waals surface area contributed by atoms with E-state index in [1.165, 1.54) is 0 Å². The first-order valence-corrected chi connectivity index (χ1v) is 6.77. The molecule has 7 heteroatoms. The zero-order chi connectivity index (χ0) is 13.5. The summed E-state index contributed by atoms with van der Waals surface area (Å²) in [5, 5.41) is 5.01. The fraction of sp³-hybridized carbons (Fsp3) is 0.273. The first-order chi connectivity index (χ1) is 8.52. The first kappa shape index (κ1) is 15.0. The van der Waals surface area contributed by atoms with E-state index in [1.807, 2.05) is 0 Å². The Hall–Kier alpha value is -1.08. The number of benzene rings is 1. The highest BCUT2D eigenvalue weighted by Crippen LogP contribution is 2.25. The molecule has 0 saturated carbocycles. The van der Waals surface area contributed by atoms with E-state index in [0.717, 1.165) is 8.95 Å². The van der Waals surface area contributed by atoms with E-state index in [4.69, 9.17) is 0 Å². The number of anilines is 1. The van der Waals surface area contributed by atoms with E-state index in [9.17, 15) is 9.59 Å². The van der Waals surface area contributed by atoms with Crippen LogP contribution in [0.25, 0.3) is 0 Å². The van der Waals surface area contributed by atoms with Gasteiger partial charge in [-0.2, -0.15) is 0 Å². The van der Waals surface area contributed by atoms with Crippen molar-refractivity contribution in [2.24, 2.45) is 0 Å². The Bertz CT molecular complexity index is 452. The van der Waals surface area contributed by atoms with Crippen LogP contribution in [0.4, 0.5) is 10.5 Å². The third kappa shape index (κ3) is 5.05. The van der Waals surface area contributed by atoms with Gasteiger partial charge < -0.3 is 15.4 Å². The van der Waals surface area contributed by atoms with Crippen molar-refractivity contribution in [2.75, 3.05) is 18.5 Å². The quantitative estimate of drug-likeness (QED) is 0.790. The summed E-state index contributed by atoms with van der Waals surface area (Å²) in [4.78, 5) is 22.5. The largest absolute Gasteiger partial charge is 0.465 e. The smallest absolute Gasteiger partial charge is 0.325 e. The number of hydrogen-bond acceptors (Lipinski definition) is 3. The van der Waals surface area contributed by atoms with Crippen molar-refractivity contribution in [3.63, 3.8) is 0 Å². The lowest BCUT2D eigenvalue weighted by Gasteiger charge is -2.09. The fourth-order valence-corrected chi connectivity index (χ4v) is 2.27. The maximum Gasteiger partial charge on any atom is 0.325 e. The van der Waals surface area contributed by atoms with E-state index in [2.05, 4.69) is 47.2 Å². The molecule has 98 valence electrons. The van der Waals surface area contributed by atoms with Crippen LogP contribution in [-0.4, -0.2) is 25.2 Å². The molecule has 0 bridgehead atoms. The Kier molecular flexibility index (Phi) is 6.14. The summed E-state index contributed by atoms with van der Waals surface area (Å²) in [6, 6.07) is 4.87. The predicted molar refractivity (Wildman–Crippen MR) is 75.5 cm³/mol. The molecule has 2 N–H and O–H groups in total. The lowest BCUT2D eigenvalue weighted by atomic mass is 10.3. The molecule has 1 aromatic carbocycles. The zero-order valence-corrected chi connectivity index (χ0v) is 12.8. The predicted octanol–water partition coefficient (Wildman–Crippen LogP) is 2.90. The van der Waals surface area contributed by atoms with Crippen LogP contribution in [-0.2, 0) is 9.53 Å². The standard InChI is InChI=1S/C11H12Br2N2O3/c1-2-18-10(16)6-14-11(17)15-9-4-3-7(12)5-8(9)13/h3-5H,2,6H2,1H3,(H2,14,15,17). The molecule has 1 rings (SSSR count). The summed E-state index contributed by atoms with van der Waals surface area (Å²) in [6.45, 7) is 1.84. The Morgan fingerprint density at radius 1 is 1.33 bits per heavy atom. The molecule has 0 aliphatic rings. The van der Waals surface area contributed by atoms with Crippen LogP contribution in [0.5, 0.6) is 0 Å². The van der Waals surface area contributed by atoms with Crippen LogP contribution >= 0.6 is 31.9 Å². The Morgan fingerprint density at radius 2 is 2.06 bits per heavy atom. The molecule has 0 atom stereocenters. The number of esters is 1. The van der Waals surface area contributed by atoms with Crippen LogP contribution in [0.2, 0.25) is 0 Å². The minimum absolute atomic E-state index is 0.159. The minimum Gasteiger partial charge on any atom is -0.465 e. The Balaban J connectivity index is 2.47. The maximum absolute atomic E-state index is 11.5. The molecule has 0 radical (unpaired) electrons. The van der Waals surface area contributed by atoms with Gasteiger partial charge in [-0.3, -0.25) is 4.79 Å². The van der Waals surface area contributed by atoms with Gasteiger partial charge in [-0.1, -0.05) is 15.9 Å². The number of amides is 2. The van der Waals surface area contributed by atoms with Gasteiger partial charge in [0.1, 0.15) is 6.54 Å². The van der Waals surface area contributed by atoms with Gasteiger partial charge in [0.05, 0.1) is 12.3 Å². The van der Waals surface area contributed by atoms with Crippen LogP contribution in [0, 0.1) is 0 Å². The highest BCUT2D eigenvalue weighted by Gasteiger charge is 2.08. The van der Waals surface area contributed by atoms with E-state index in [-0.39, 0.29) is 6.54 Å². The molecular formula is C11H12Br2N2O3. The summed E-state index contributed by atoms with van der Waals surface area (Å²) in [6.07, 6.45) is 0. The Labute approximate surface area is 122 Å². The minimum atomic E-state index is -0.470. The van der Waals surface area contributed by atoms with Crippen molar-refractivity contribution in [1.82, 2.24) is 5.32 Å². The molecule has 0 aromatic heterocycles. The SMILES string of the molecule is CCOC(=O)CNC(=O)Nc1ccc(Br)cc1Br. The fourth-order valence-electron chi connectivity index (χ4n) is 1.12. The summed E-state index contributed by atoms with van der Waals surface area (Å²) in [5.74, 6) is -0.470. The van der Waals surface area contributed by atoms with Crippen LogP contribution in [0.1, 0.15) is 6.92 Å². The molecule has 0 unspecified atom stereocenters. The van der Waals surface area contributed by atoms with Gasteiger partial charge in [0, 0.05) is 8.95 Å². The summed E-state index contributed by atoms with van der Waals surface area (Å²) < 4.78 is 6.32. The third-order valence-corrected chi connectivity index (χ3v) is 3.03. The molecule has 0 fully saturated rings. The molecule has 5 nitrogen and oxygen atoms in total. The highest BCUT2D eigenvalue weighted by atomic mass is 79.9. The van der Waals surface area contributed by atoms with Gasteiger partial charge in [-0.05, 0) is 41.1 Å². The van der Waals surface area contributed by atoms with Gasteiger partial charge in [0.15, 0.2) is 0 Å². The molecule has 0 spiro atoms. The maximum atomic E-state index is 11.5. The third-order valence-electron chi connectivity index (χ3n) is 1.88. The van der Waals surface area contributed by atoms with Gasteiger partial charge in [0.25, 0.3) is 0 Å². The summed E-state index contributed by atoms with van der Waals surface area (Å²) in [7, 11) is 0. The lowest BCUT2D eigenvalue weighted by Crippen LogP contribution is -2.34. The second-order valence-electron chi connectivity index (χ2n) is 3.24. The van der Waals surface area contributed by atoms with Crippen LogP contribution in [0.15, 0.2) is 27.1 Å². The normalized spacial score (nSPS) is 9.72. The number of rotatable bonds is 4. The van der Waals surface area contributed by atoms with Gasteiger partial charge >= 0.3 is 12.0 Å². The van der Waals surface area contributed by atoms with E-state index in [1.54, 1.807) is 25.1 Å². The molecular weight excluding hydrogens is 368 g/mol. The second kappa shape index (κ2) is 7.38. The second-order valence-corrected chi connectivity index (χ2v) is 5.01. The molecule has 18 heavy (non-hydrogen) atoms. The van der Waals surface area contributed by atoms with Crippen molar-refractivity contribution >= 4 is 49.5 Å². The monoisotopic (exact) mass is 378 g/mol. The van der Waals surface area contributed by atoms with Crippen LogP contribution in [0.3, 0.4) is 0 Å². The van der Waals surface area contributed by atoms with E-state index in [0.29, 0.717) is 12.3 Å². The number of urea groups is 1. The number of carbonyl (C=O) groups is 2. The van der Waals surface area contributed by atoms with Gasteiger partial charge in [-0.15, -0.1) is 0 Å². The van der Waals surface area contributed by atoms with Crippen LogP contribution < -0.4 is 10.6 Å².